The Balaban J connectivity index is 1.58. The Hall–Kier alpha value is -2.95. The van der Waals surface area contributed by atoms with Gasteiger partial charge in [0.25, 0.3) is 5.91 Å². The predicted molar refractivity (Wildman–Crippen MR) is 123 cm³/mol. The van der Waals surface area contributed by atoms with E-state index in [1.807, 2.05) is 54.6 Å². The van der Waals surface area contributed by atoms with Gasteiger partial charge >= 0.3 is 0 Å². The minimum atomic E-state index is -0.913. The second-order valence-electron chi connectivity index (χ2n) is 6.31. The molecule has 7 heteroatoms. The highest BCUT2D eigenvalue weighted by Gasteiger charge is 2.19. The van der Waals surface area contributed by atoms with Crippen molar-refractivity contribution in [2.45, 2.75) is 12.5 Å². The number of carbonyl (C=O) groups excluding carboxylic acids is 1. The molecule has 150 valence electrons. The molecule has 0 aromatic heterocycles. The van der Waals surface area contributed by atoms with Gasteiger partial charge in [-0.15, -0.1) is 0 Å². The molecule has 30 heavy (non-hydrogen) atoms. The zero-order chi connectivity index (χ0) is 21.3. The minimum Gasteiger partial charge on any atom is -0.488 e. The van der Waals surface area contributed by atoms with Gasteiger partial charge in [0, 0.05) is 4.47 Å². The summed E-state index contributed by atoms with van der Waals surface area (Å²) in [5.41, 5.74) is 4.88. The van der Waals surface area contributed by atoms with E-state index in [9.17, 15) is 10.1 Å². The van der Waals surface area contributed by atoms with Gasteiger partial charge in [0.2, 0.25) is 0 Å². The Kier molecular flexibility index (Phi) is 7.77. The third-order valence-corrected chi connectivity index (χ3v) is 5.32. The van der Waals surface area contributed by atoms with E-state index in [1.54, 1.807) is 24.3 Å². The average molecular weight is 527 g/mol. The molecule has 1 atom stereocenters. The molecule has 3 aromatic carbocycles. The van der Waals surface area contributed by atoms with Crippen LogP contribution in [0.3, 0.4) is 0 Å². The highest BCUT2D eigenvalue weighted by molar-refractivity contribution is 9.10. The Labute approximate surface area is 191 Å². The van der Waals surface area contributed by atoms with Crippen LogP contribution in [0.4, 0.5) is 0 Å². The summed E-state index contributed by atoms with van der Waals surface area (Å²) in [5.74, 6) is -0.689. The van der Waals surface area contributed by atoms with Crippen LogP contribution in [0.15, 0.2) is 86.8 Å². The number of hydrogen-bond acceptors (Lipinski definition) is 4. The van der Waals surface area contributed by atoms with Crippen LogP contribution >= 0.6 is 31.9 Å². The summed E-state index contributed by atoms with van der Waals surface area (Å²) in [7, 11) is 0. The number of rotatable bonds is 7. The Morgan fingerprint density at radius 3 is 2.50 bits per heavy atom. The highest BCUT2D eigenvalue weighted by atomic mass is 79.9. The van der Waals surface area contributed by atoms with Crippen molar-refractivity contribution in [2.24, 2.45) is 5.10 Å². The number of ether oxygens (including phenoxy) is 1. The Bertz CT molecular complexity index is 1080. The maximum atomic E-state index is 12.2. The molecule has 0 spiro atoms. The van der Waals surface area contributed by atoms with Crippen molar-refractivity contribution in [3.05, 3.63) is 98.4 Å². The van der Waals surface area contributed by atoms with Crippen LogP contribution in [0.25, 0.3) is 0 Å². The van der Waals surface area contributed by atoms with Gasteiger partial charge in [-0.1, -0.05) is 58.4 Å². The van der Waals surface area contributed by atoms with Crippen LogP contribution in [-0.4, -0.2) is 12.1 Å². The van der Waals surface area contributed by atoms with E-state index >= 15 is 0 Å². The first kappa shape index (κ1) is 21.8. The van der Waals surface area contributed by atoms with Crippen LogP contribution in [0, 0.1) is 11.3 Å². The van der Waals surface area contributed by atoms with Crippen molar-refractivity contribution in [1.29, 1.82) is 5.26 Å². The number of nitriles is 1. The molecule has 0 unspecified atom stereocenters. The van der Waals surface area contributed by atoms with Crippen LogP contribution in [-0.2, 0) is 11.4 Å². The second-order valence-corrected chi connectivity index (χ2v) is 8.08. The summed E-state index contributed by atoms with van der Waals surface area (Å²) in [5, 5.41) is 13.3. The Morgan fingerprint density at radius 2 is 1.83 bits per heavy atom. The van der Waals surface area contributed by atoms with E-state index in [1.165, 1.54) is 6.21 Å². The topological polar surface area (TPSA) is 74.5 Å². The third-order valence-electron chi connectivity index (χ3n) is 4.18. The quantitative estimate of drug-likeness (QED) is 0.324. The van der Waals surface area contributed by atoms with E-state index in [0.29, 0.717) is 17.9 Å². The molecular formula is C23H17Br2N3O2. The maximum absolute atomic E-state index is 12.2. The van der Waals surface area contributed by atoms with Crippen molar-refractivity contribution in [3.8, 4) is 11.8 Å². The molecular weight excluding hydrogens is 510 g/mol. The van der Waals surface area contributed by atoms with Gasteiger partial charge in [-0.3, -0.25) is 4.79 Å². The van der Waals surface area contributed by atoms with Gasteiger partial charge < -0.3 is 4.74 Å². The van der Waals surface area contributed by atoms with E-state index in [-0.39, 0.29) is 0 Å². The van der Waals surface area contributed by atoms with E-state index < -0.39 is 11.8 Å². The lowest BCUT2D eigenvalue weighted by Gasteiger charge is -2.09. The monoisotopic (exact) mass is 525 g/mol. The normalized spacial score (nSPS) is 11.6. The molecule has 0 aliphatic heterocycles. The molecule has 0 saturated carbocycles. The largest absolute Gasteiger partial charge is 0.488 e. The number of benzene rings is 3. The van der Waals surface area contributed by atoms with Crippen molar-refractivity contribution < 1.29 is 9.53 Å². The number of amides is 1. The highest BCUT2D eigenvalue weighted by Crippen LogP contribution is 2.26. The molecule has 0 bridgehead atoms. The van der Waals surface area contributed by atoms with E-state index in [0.717, 1.165) is 20.1 Å². The zero-order valence-electron chi connectivity index (χ0n) is 15.8. The predicted octanol–water partition coefficient (Wildman–Crippen LogP) is 5.55. The average Bonchev–Trinajstić information content (AvgIpc) is 2.76. The van der Waals surface area contributed by atoms with Crippen LogP contribution in [0.5, 0.6) is 5.75 Å². The standard InChI is InChI=1S/C23H17Br2N3O2/c24-19-9-6-16(7-10-19)15-30-22-11-8-17(12-21(22)25)14-27-28-23(29)20(13-26)18-4-2-1-3-5-18/h1-12,14,20H,15H2,(H,28,29)/b27-14-/t20-/m1/s1. The smallest absolute Gasteiger partial charge is 0.261 e. The first-order valence-corrected chi connectivity index (χ1v) is 10.6. The summed E-state index contributed by atoms with van der Waals surface area (Å²) in [4.78, 5) is 12.2. The summed E-state index contributed by atoms with van der Waals surface area (Å²) < 4.78 is 7.64. The van der Waals surface area contributed by atoms with Gasteiger partial charge in [0.05, 0.1) is 16.8 Å². The third kappa shape index (κ3) is 6.02. The summed E-state index contributed by atoms with van der Waals surface area (Å²) >= 11 is 6.91. The first-order valence-electron chi connectivity index (χ1n) is 9.01. The molecule has 3 rings (SSSR count). The lowest BCUT2D eigenvalue weighted by Crippen LogP contribution is -2.24. The van der Waals surface area contributed by atoms with Crippen LogP contribution < -0.4 is 10.2 Å². The second kappa shape index (κ2) is 10.7. The van der Waals surface area contributed by atoms with E-state index in [4.69, 9.17) is 4.74 Å². The van der Waals surface area contributed by atoms with Gasteiger partial charge in [-0.05, 0) is 63.0 Å². The summed E-state index contributed by atoms with van der Waals surface area (Å²) in [6, 6.07) is 24.3. The fourth-order valence-electron chi connectivity index (χ4n) is 2.62. The fraction of sp³-hybridized carbons (Fsp3) is 0.0870. The van der Waals surface area contributed by atoms with Gasteiger partial charge in [0.1, 0.15) is 12.4 Å². The maximum Gasteiger partial charge on any atom is 0.261 e. The first-order chi connectivity index (χ1) is 14.6. The molecule has 0 radical (unpaired) electrons. The molecule has 0 saturated heterocycles. The Morgan fingerprint density at radius 1 is 1.10 bits per heavy atom. The molecule has 0 aliphatic carbocycles. The molecule has 0 fully saturated rings. The lowest BCUT2D eigenvalue weighted by molar-refractivity contribution is -0.121. The van der Waals surface area contributed by atoms with Crippen LogP contribution in [0.2, 0.25) is 0 Å². The number of hydrazone groups is 1. The number of nitrogens with one attached hydrogen (secondary N) is 1. The minimum absolute atomic E-state index is 0.449. The molecule has 0 aliphatic rings. The van der Waals surface area contributed by atoms with Crippen molar-refractivity contribution in [2.75, 3.05) is 0 Å². The molecule has 5 nitrogen and oxygen atoms in total. The molecule has 0 heterocycles. The SMILES string of the molecule is N#C[C@@H](C(=O)N/N=C\c1ccc(OCc2ccc(Br)cc2)c(Br)c1)c1ccccc1. The number of hydrogen-bond donors (Lipinski definition) is 1. The van der Waals surface area contributed by atoms with Gasteiger partial charge in [0.15, 0.2) is 5.92 Å². The van der Waals surface area contributed by atoms with Crippen LogP contribution in [0.1, 0.15) is 22.6 Å². The molecule has 1 amide bonds. The summed E-state index contributed by atoms with van der Waals surface area (Å²) in [6.45, 7) is 0.449. The van der Waals surface area contributed by atoms with Crippen molar-refractivity contribution >= 4 is 44.0 Å². The lowest BCUT2D eigenvalue weighted by atomic mass is 10.0. The number of carbonyl (C=O) groups is 1. The van der Waals surface area contributed by atoms with Gasteiger partial charge in [-0.2, -0.15) is 10.4 Å². The molecule has 1 N–H and O–H groups in total. The van der Waals surface area contributed by atoms with Crippen molar-refractivity contribution in [1.82, 2.24) is 5.43 Å². The number of nitrogens with zero attached hydrogens (tertiary/aromatic N) is 2. The summed E-state index contributed by atoms with van der Waals surface area (Å²) in [6.07, 6.45) is 1.51. The van der Waals surface area contributed by atoms with Gasteiger partial charge in [-0.25, -0.2) is 5.43 Å². The molecule has 3 aromatic rings. The fourth-order valence-corrected chi connectivity index (χ4v) is 3.40. The zero-order valence-corrected chi connectivity index (χ0v) is 18.9. The van der Waals surface area contributed by atoms with E-state index in [2.05, 4.69) is 42.4 Å². The number of halogens is 2. The van der Waals surface area contributed by atoms with Crippen molar-refractivity contribution in [3.63, 3.8) is 0 Å².